The second kappa shape index (κ2) is 11.0. The summed E-state index contributed by atoms with van der Waals surface area (Å²) in [6, 6.07) is 9.80. The van der Waals surface area contributed by atoms with Crippen molar-refractivity contribution in [2.24, 2.45) is 4.99 Å². The highest BCUT2D eigenvalue weighted by Gasteiger charge is 2.07. The summed E-state index contributed by atoms with van der Waals surface area (Å²) in [5.41, 5.74) is 1.57. The molecule has 0 unspecified atom stereocenters. The van der Waals surface area contributed by atoms with E-state index in [0.717, 1.165) is 35.9 Å². The van der Waals surface area contributed by atoms with Gasteiger partial charge in [0.15, 0.2) is 5.96 Å². The number of nitrogens with one attached hydrogen (secondary N) is 2. The predicted molar refractivity (Wildman–Crippen MR) is 108 cm³/mol. The zero-order valence-corrected chi connectivity index (χ0v) is 16.4. The maximum atomic E-state index is 13.0. The van der Waals surface area contributed by atoms with Gasteiger partial charge in [-0.3, -0.25) is 4.99 Å². The van der Waals surface area contributed by atoms with Gasteiger partial charge in [-0.1, -0.05) is 0 Å². The van der Waals surface area contributed by atoms with Gasteiger partial charge in [0.05, 0.1) is 12.0 Å². The van der Waals surface area contributed by atoms with E-state index in [9.17, 15) is 4.39 Å². The van der Waals surface area contributed by atoms with Crippen LogP contribution in [0.3, 0.4) is 0 Å². The highest BCUT2D eigenvalue weighted by Crippen LogP contribution is 2.18. The molecule has 29 heavy (non-hydrogen) atoms. The molecule has 3 rings (SSSR count). The molecule has 0 saturated carbocycles. The number of rotatable bonds is 10. The summed E-state index contributed by atoms with van der Waals surface area (Å²) in [6.45, 7) is 2.52. The molecule has 8 heteroatoms. The first-order valence-corrected chi connectivity index (χ1v) is 9.49. The monoisotopic (exact) mass is 400 g/mol. The van der Waals surface area contributed by atoms with Crippen LogP contribution in [0, 0.1) is 5.82 Å². The Balaban J connectivity index is 1.31. The van der Waals surface area contributed by atoms with Crippen molar-refractivity contribution >= 4 is 5.96 Å². The van der Waals surface area contributed by atoms with Crippen LogP contribution >= 0.6 is 0 Å². The topological polar surface area (TPSA) is 84.8 Å². The summed E-state index contributed by atoms with van der Waals surface area (Å²) in [5, 5.41) is 6.48. The van der Waals surface area contributed by atoms with Gasteiger partial charge in [-0.05, 0) is 42.8 Å². The maximum Gasteiger partial charge on any atom is 0.226 e. The van der Waals surface area contributed by atoms with Crippen LogP contribution in [-0.4, -0.2) is 37.7 Å². The molecule has 0 fully saturated rings. The molecular weight excluding hydrogens is 375 g/mol. The first kappa shape index (κ1) is 20.6. The summed E-state index contributed by atoms with van der Waals surface area (Å²) in [5.74, 6) is 1.74. The van der Waals surface area contributed by atoms with Crippen molar-refractivity contribution in [3.8, 4) is 11.5 Å². The highest BCUT2D eigenvalue weighted by molar-refractivity contribution is 5.79. The summed E-state index contributed by atoms with van der Waals surface area (Å²) < 4.78 is 29.2. The quantitative estimate of drug-likeness (QED) is 0.308. The third kappa shape index (κ3) is 6.76. The number of aromatic nitrogens is 1. The number of halogens is 1. The Labute approximate surface area is 169 Å². The van der Waals surface area contributed by atoms with Gasteiger partial charge >= 0.3 is 0 Å². The lowest BCUT2D eigenvalue weighted by molar-refractivity contribution is 0.105. The van der Waals surface area contributed by atoms with Crippen LogP contribution in [0.4, 0.5) is 4.39 Å². The van der Waals surface area contributed by atoms with Crippen LogP contribution in [0.25, 0.3) is 11.5 Å². The second-order valence-electron chi connectivity index (χ2n) is 6.31. The van der Waals surface area contributed by atoms with Crippen molar-refractivity contribution < 1.29 is 18.0 Å². The summed E-state index contributed by atoms with van der Waals surface area (Å²) in [7, 11) is 1.73. The zero-order chi connectivity index (χ0) is 20.3. The molecule has 0 aliphatic heterocycles. The molecule has 2 N–H and O–H groups in total. The second-order valence-corrected chi connectivity index (χ2v) is 6.31. The van der Waals surface area contributed by atoms with E-state index in [1.807, 2.05) is 12.1 Å². The molecule has 0 aliphatic rings. The summed E-state index contributed by atoms with van der Waals surface area (Å²) in [6.07, 6.45) is 4.79. The predicted octanol–water partition coefficient (Wildman–Crippen LogP) is 3.39. The van der Waals surface area contributed by atoms with Crippen LogP contribution < -0.4 is 10.6 Å². The smallest absolute Gasteiger partial charge is 0.226 e. The number of nitrogens with zero attached hydrogens (tertiary/aromatic N) is 2. The van der Waals surface area contributed by atoms with Crippen molar-refractivity contribution in [3.63, 3.8) is 0 Å². The fourth-order valence-electron chi connectivity index (χ4n) is 2.62. The minimum absolute atomic E-state index is 0.285. The van der Waals surface area contributed by atoms with Crippen LogP contribution in [0.15, 0.2) is 62.8 Å². The average Bonchev–Trinajstić information content (AvgIpc) is 3.42. The summed E-state index contributed by atoms with van der Waals surface area (Å²) in [4.78, 5) is 8.63. The van der Waals surface area contributed by atoms with Crippen molar-refractivity contribution in [3.05, 3.63) is 66.2 Å². The van der Waals surface area contributed by atoms with E-state index in [2.05, 4.69) is 20.6 Å². The first-order chi connectivity index (χ1) is 14.2. The molecular formula is C21H25FN4O3. The Hall–Kier alpha value is -3.13. The number of furan rings is 1. The third-order valence-corrected chi connectivity index (χ3v) is 4.12. The van der Waals surface area contributed by atoms with Gasteiger partial charge < -0.3 is 24.2 Å². The molecule has 0 aliphatic carbocycles. The maximum absolute atomic E-state index is 13.0. The van der Waals surface area contributed by atoms with Gasteiger partial charge in [0, 0.05) is 38.7 Å². The molecule has 154 valence electrons. The normalized spacial score (nSPS) is 11.6. The number of hydrogen-bond donors (Lipinski definition) is 2. The van der Waals surface area contributed by atoms with Crippen LogP contribution in [-0.2, 0) is 17.8 Å². The number of oxazole rings is 1. The summed E-state index contributed by atoms with van der Waals surface area (Å²) >= 11 is 0. The molecule has 0 spiro atoms. The standard InChI is InChI=1S/C21H25FN4O3/c1-23-21(24-10-3-12-27-15-19-4-2-13-28-19)25-11-9-18-14-29-20(26-18)16-5-7-17(22)8-6-16/h2,4-8,13-14H,3,9-12,15H2,1H3,(H2,23,24,25). The van der Waals surface area contributed by atoms with Gasteiger partial charge in [-0.25, -0.2) is 9.37 Å². The first-order valence-electron chi connectivity index (χ1n) is 9.49. The highest BCUT2D eigenvalue weighted by atomic mass is 19.1. The lowest BCUT2D eigenvalue weighted by Crippen LogP contribution is -2.39. The Morgan fingerprint density at radius 1 is 1.14 bits per heavy atom. The van der Waals surface area contributed by atoms with E-state index in [1.165, 1.54) is 12.1 Å². The van der Waals surface area contributed by atoms with Crippen molar-refractivity contribution in [1.82, 2.24) is 15.6 Å². The lowest BCUT2D eigenvalue weighted by Gasteiger charge is -2.11. The van der Waals surface area contributed by atoms with Crippen molar-refractivity contribution in [1.29, 1.82) is 0 Å². The lowest BCUT2D eigenvalue weighted by atomic mass is 10.2. The zero-order valence-electron chi connectivity index (χ0n) is 16.4. The molecule has 0 amide bonds. The minimum Gasteiger partial charge on any atom is -0.467 e. The Bertz CT molecular complexity index is 876. The molecule has 0 atom stereocenters. The van der Waals surface area contributed by atoms with E-state index >= 15 is 0 Å². The fourth-order valence-corrected chi connectivity index (χ4v) is 2.62. The van der Waals surface area contributed by atoms with Crippen LogP contribution in [0.5, 0.6) is 0 Å². The van der Waals surface area contributed by atoms with E-state index < -0.39 is 0 Å². The van der Waals surface area contributed by atoms with E-state index in [0.29, 0.717) is 32.1 Å². The van der Waals surface area contributed by atoms with Gasteiger partial charge in [0.25, 0.3) is 0 Å². The number of aliphatic imine (C=N–C) groups is 1. The van der Waals surface area contributed by atoms with E-state index in [-0.39, 0.29) is 5.82 Å². The Kier molecular flexibility index (Phi) is 7.82. The Morgan fingerprint density at radius 3 is 2.72 bits per heavy atom. The molecule has 0 radical (unpaired) electrons. The molecule has 7 nitrogen and oxygen atoms in total. The molecule has 2 heterocycles. The number of ether oxygens (including phenoxy) is 1. The van der Waals surface area contributed by atoms with Gasteiger partial charge in [0.1, 0.15) is 24.4 Å². The van der Waals surface area contributed by atoms with Crippen LogP contribution in [0.2, 0.25) is 0 Å². The van der Waals surface area contributed by atoms with Gasteiger partial charge in [0.2, 0.25) is 5.89 Å². The van der Waals surface area contributed by atoms with Crippen molar-refractivity contribution in [2.75, 3.05) is 26.7 Å². The third-order valence-electron chi connectivity index (χ3n) is 4.12. The van der Waals surface area contributed by atoms with Gasteiger partial charge in [-0.15, -0.1) is 0 Å². The van der Waals surface area contributed by atoms with Crippen LogP contribution in [0.1, 0.15) is 17.9 Å². The Morgan fingerprint density at radius 2 is 1.97 bits per heavy atom. The molecule has 1 aromatic carbocycles. The fraction of sp³-hybridized carbons (Fsp3) is 0.333. The average molecular weight is 400 g/mol. The van der Waals surface area contributed by atoms with E-state index in [4.69, 9.17) is 13.6 Å². The number of guanidine groups is 1. The number of hydrogen-bond acceptors (Lipinski definition) is 5. The molecule has 3 aromatic rings. The minimum atomic E-state index is -0.285. The van der Waals surface area contributed by atoms with E-state index in [1.54, 1.807) is 31.7 Å². The molecule has 0 bridgehead atoms. The molecule has 0 saturated heterocycles. The van der Waals surface area contributed by atoms with Gasteiger partial charge in [-0.2, -0.15) is 0 Å². The number of benzene rings is 1. The molecule has 2 aromatic heterocycles. The van der Waals surface area contributed by atoms with Crippen molar-refractivity contribution in [2.45, 2.75) is 19.4 Å². The SMILES string of the molecule is CN=C(NCCCOCc1ccco1)NCCc1coc(-c2ccc(F)cc2)n1. The largest absolute Gasteiger partial charge is 0.467 e.